The summed E-state index contributed by atoms with van der Waals surface area (Å²) in [6.45, 7) is -1.65. The molecule has 1 heterocycles. The molecule has 0 aromatic heterocycles. The van der Waals surface area contributed by atoms with Gasteiger partial charge in [-0.2, -0.15) is 0 Å². The fourth-order valence-corrected chi connectivity index (χ4v) is 22.3. The van der Waals surface area contributed by atoms with Crippen molar-refractivity contribution < 1.29 is 176 Å². The third kappa shape index (κ3) is 12.3. The zero-order valence-corrected chi connectivity index (χ0v) is 43.8. The number of methoxy groups -OCH3 is 1. The third-order valence-electron chi connectivity index (χ3n) is 13.5. The summed E-state index contributed by atoms with van der Waals surface area (Å²) in [5.74, 6) is -128. The molecule has 494 valence electrons. The van der Waals surface area contributed by atoms with Crippen LogP contribution in [0.25, 0.3) is 0 Å². The van der Waals surface area contributed by atoms with Crippen LogP contribution >= 0.6 is 0 Å². The molecule has 85 heavy (non-hydrogen) atoms. The first-order chi connectivity index (χ1) is 37.3. The molecule has 1 aliphatic rings. The number of alkyl halides is 39. The molecule has 1 saturated heterocycles. The van der Waals surface area contributed by atoms with E-state index >= 15 is 52.7 Å². The van der Waals surface area contributed by atoms with E-state index in [0.29, 0.717) is 11.8 Å². The Hall–Kier alpha value is -3.93. The van der Waals surface area contributed by atoms with Crippen LogP contribution in [-0.2, 0) is 6.54 Å². The van der Waals surface area contributed by atoms with Gasteiger partial charge in [0.1, 0.15) is 0 Å². The van der Waals surface area contributed by atoms with Gasteiger partial charge in [0, 0.05) is 0 Å². The summed E-state index contributed by atoms with van der Waals surface area (Å²) in [5.41, 5.74) is -0.378. The number of hydrogen-bond acceptors (Lipinski definition) is 3. The van der Waals surface area contributed by atoms with Gasteiger partial charge < -0.3 is 0 Å². The molecule has 2 aromatic carbocycles. The van der Waals surface area contributed by atoms with Gasteiger partial charge in [0.05, 0.1) is 0 Å². The molecule has 3 nitrogen and oxygen atoms in total. The Labute approximate surface area is 452 Å². The first kappa shape index (κ1) is 75.3. The van der Waals surface area contributed by atoms with Crippen LogP contribution in [0.4, 0.5) is 177 Å². The summed E-state index contributed by atoms with van der Waals surface area (Å²) in [5, 5.41) is 0. The molecule has 0 atom stereocenters. The first-order valence-corrected chi connectivity index (χ1v) is 29.9. The maximum atomic E-state index is 15.6. The Balaban J connectivity index is 2.48. The van der Waals surface area contributed by atoms with Crippen molar-refractivity contribution in [1.29, 1.82) is 0 Å². The van der Waals surface area contributed by atoms with Gasteiger partial charge in [0.15, 0.2) is 0 Å². The Morgan fingerprint density at radius 2 is 0.647 bits per heavy atom. The van der Waals surface area contributed by atoms with E-state index < -0.39 is 174 Å². The molecule has 1 aliphatic heterocycles. The number of para-hydroxylation sites is 2. The SMILES string of the molecule is COc1ccccc1N1CCN(Cc2ccc[c]([Sn]([CH2]CC(F)(F)C(F)(F)C(F)(F)C(F)(F)C(F)(F)C(F)(F)F)([CH2]CC(F)(F)C(F)(F)C(F)(F)C(F)(F)C(F)(F)C(F)(F)F)[CH2]CC(F)(F)C(F)(F)C(F)(F)C(F)(F)C(F)(F)C(F)(F)F)c2)CC1. The summed E-state index contributed by atoms with van der Waals surface area (Å²) in [6.07, 6.45) is -36.6. The van der Waals surface area contributed by atoms with Crippen molar-refractivity contribution in [1.82, 2.24) is 4.90 Å². The van der Waals surface area contributed by atoms with Gasteiger partial charge in [-0.25, -0.2) is 0 Å². The number of rotatable bonds is 26. The first-order valence-electron chi connectivity index (χ1n) is 22.4. The van der Waals surface area contributed by atoms with Crippen molar-refractivity contribution in [3.63, 3.8) is 0 Å². The van der Waals surface area contributed by atoms with E-state index in [-0.39, 0.29) is 50.1 Å². The number of benzene rings is 2. The molecule has 43 heteroatoms. The summed E-state index contributed by atoms with van der Waals surface area (Å²) in [4.78, 5) is 2.74. The molecule has 1 fully saturated rings. The van der Waals surface area contributed by atoms with E-state index in [0.717, 1.165) is 0 Å². The Morgan fingerprint density at radius 1 is 0.353 bits per heavy atom. The van der Waals surface area contributed by atoms with Crippen molar-refractivity contribution in [2.45, 2.75) is 146 Å². The second-order valence-corrected chi connectivity index (χ2v) is 32.2. The number of ether oxygens (including phenoxy) is 1. The summed E-state index contributed by atoms with van der Waals surface area (Å²) >= 11 is -8.39. The summed E-state index contributed by atoms with van der Waals surface area (Å²) in [6, 6.07) is 6.72. The molecular weight excluding hydrogens is 1410 g/mol. The van der Waals surface area contributed by atoms with E-state index in [1.165, 1.54) is 36.3 Å². The van der Waals surface area contributed by atoms with Gasteiger partial charge in [-0.1, -0.05) is 0 Å². The molecule has 0 aliphatic carbocycles. The van der Waals surface area contributed by atoms with Gasteiger partial charge in [0.25, 0.3) is 0 Å². The van der Waals surface area contributed by atoms with E-state index in [9.17, 15) is 119 Å². The van der Waals surface area contributed by atoms with E-state index in [2.05, 4.69) is 0 Å². The molecule has 0 amide bonds. The average molecular weight is 1440 g/mol. The zero-order chi connectivity index (χ0) is 67.1. The van der Waals surface area contributed by atoms with Crippen molar-refractivity contribution >= 4 is 27.6 Å². The van der Waals surface area contributed by atoms with Crippen LogP contribution in [0.1, 0.15) is 24.8 Å². The number of anilines is 1. The number of piperazine rings is 1. The van der Waals surface area contributed by atoms with Gasteiger partial charge in [0.2, 0.25) is 0 Å². The predicted molar refractivity (Wildman–Crippen MR) is 213 cm³/mol. The summed E-state index contributed by atoms with van der Waals surface area (Å²) in [7, 11) is 1.19. The van der Waals surface area contributed by atoms with E-state index in [1.54, 1.807) is 4.90 Å². The fourth-order valence-electron chi connectivity index (χ4n) is 8.17. The van der Waals surface area contributed by atoms with Crippen LogP contribution in [0.3, 0.4) is 0 Å². The van der Waals surface area contributed by atoms with Crippen molar-refractivity contribution in [2.75, 3.05) is 38.2 Å². The normalized spacial score (nSPS) is 17.0. The van der Waals surface area contributed by atoms with E-state index in [4.69, 9.17) is 4.74 Å². The number of nitrogens with zero attached hydrogens (tertiary/aromatic N) is 2. The molecule has 0 saturated carbocycles. The average Bonchev–Trinajstić information content (AvgIpc) is 0.904. The molecular formula is C42H33F39N2OSn. The number of halogens is 39. The Bertz CT molecular complexity index is 2410. The fraction of sp³-hybridized carbons (Fsp3) is 0.714. The molecule has 0 N–H and O–H groups in total. The van der Waals surface area contributed by atoms with Crippen molar-refractivity contribution in [3.05, 3.63) is 54.1 Å². The van der Waals surface area contributed by atoms with Gasteiger partial charge in [-0.15, -0.1) is 0 Å². The van der Waals surface area contributed by atoms with Crippen LogP contribution in [0.15, 0.2) is 48.5 Å². The quantitative estimate of drug-likeness (QED) is 0.0690. The van der Waals surface area contributed by atoms with Crippen molar-refractivity contribution in [2.24, 2.45) is 0 Å². The zero-order valence-electron chi connectivity index (χ0n) is 40.9. The van der Waals surface area contributed by atoms with Gasteiger partial charge in [-0.05, 0) is 0 Å². The van der Waals surface area contributed by atoms with Gasteiger partial charge >= 0.3 is 453 Å². The monoisotopic (exact) mass is 1440 g/mol. The minimum absolute atomic E-state index is 0.0530. The topological polar surface area (TPSA) is 15.7 Å². The minimum atomic E-state index is -8.90. The van der Waals surface area contributed by atoms with Crippen LogP contribution in [0, 0.1) is 0 Å². The van der Waals surface area contributed by atoms with Crippen LogP contribution < -0.4 is 13.2 Å². The van der Waals surface area contributed by atoms with Crippen LogP contribution in [-0.4, -0.2) is 164 Å². The Kier molecular flexibility index (Phi) is 20.2. The maximum absolute atomic E-state index is 15.6. The molecule has 0 bridgehead atoms. The molecule has 0 spiro atoms. The second kappa shape index (κ2) is 22.8. The van der Waals surface area contributed by atoms with Gasteiger partial charge in [-0.3, -0.25) is 0 Å². The Morgan fingerprint density at radius 3 is 0.941 bits per heavy atom. The molecule has 0 unspecified atom stereocenters. The molecule has 3 rings (SSSR count). The van der Waals surface area contributed by atoms with Crippen molar-refractivity contribution in [3.8, 4) is 5.75 Å². The number of hydrogen-bond donors (Lipinski definition) is 0. The standard InChI is InChI=1S/C18H21N2O.3C8H4F13.Sn/c1-21-18-10-6-5-9-17(18)20-13-11-19(12-14-20)15-16-7-3-2-4-8-16;3*1-2-3(9,10)4(11,12)5(13,14)6(15,16)7(17,18)8(19,20)21;/h2-3,5-10H,11-15H2,1H3;3*1-2H2;. The molecule has 0 radical (unpaired) electrons. The summed E-state index contributed by atoms with van der Waals surface area (Å²) < 4.78 is 548. The third-order valence-corrected chi connectivity index (χ3v) is 28.2. The predicted octanol–water partition coefficient (Wildman–Crippen LogP) is 17.1. The second-order valence-electron chi connectivity index (χ2n) is 18.9. The molecule has 2 aromatic rings. The van der Waals surface area contributed by atoms with Crippen LogP contribution in [0.2, 0.25) is 13.3 Å². The van der Waals surface area contributed by atoms with E-state index in [1.807, 2.05) is 0 Å². The van der Waals surface area contributed by atoms with Crippen LogP contribution in [0.5, 0.6) is 5.75 Å².